The van der Waals surface area contributed by atoms with Crippen LogP contribution in [0.5, 0.6) is 0 Å². The first kappa shape index (κ1) is 22.6. The van der Waals surface area contributed by atoms with E-state index in [4.69, 9.17) is 4.74 Å². The zero-order valence-corrected chi connectivity index (χ0v) is 20.7. The molecule has 166 valence electrons. The molecule has 0 bridgehead atoms. The standard InChI is InChI=1S/C23H27BrN2O3S2/c1-2-3-12-29-22(27)19-15-9-5-7-11-18(15)31-21(19)26-23(28)25-13-16-14-8-4-6-10-17(14)30-20(16)24/h2H,1,3-13H2,(H2,25,26,28). The summed E-state index contributed by atoms with van der Waals surface area (Å²) in [5.74, 6) is -0.355. The Morgan fingerprint density at radius 2 is 1.71 bits per heavy atom. The number of rotatable bonds is 7. The second kappa shape index (κ2) is 10.3. The van der Waals surface area contributed by atoms with Crippen molar-refractivity contribution < 1.29 is 14.3 Å². The van der Waals surface area contributed by atoms with Crippen LogP contribution in [0.2, 0.25) is 0 Å². The fourth-order valence-electron chi connectivity index (χ4n) is 4.27. The van der Waals surface area contributed by atoms with Crippen molar-refractivity contribution >= 4 is 55.6 Å². The fraction of sp³-hybridized carbons (Fsp3) is 0.478. The van der Waals surface area contributed by atoms with Crippen LogP contribution >= 0.6 is 38.6 Å². The predicted octanol–water partition coefficient (Wildman–Crippen LogP) is 6.38. The lowest BCUT2D eigenvalue weighted by Crippen LogP contribution is -2.29. The van der Waals surface area contributed by atoms with Gasteiger partial charge < -0.3 is 10.1 Å². The van der Waals surface area contributed by atoms with E-state index < -0.39 is 0 Å². The summed E-state index contributed by atoms with van der Waals surface area (Å²) in [5.41, 5.74) is 4.16. The van der Waals surface area contributed by atoms with Gasteiger partial charge in [-0.05, 0) is 90.4 Å². The maximum atomic E-state index is 12.8. The van der Waals surface area contributed by atoms with Crippen LogP contribution in [0.1, 0.15) is 68.9 Å². The maximum absolute atomic E-state index is 12.8. The van der Waals surface area contributed by atoms with Gasteiger partial charge in [0.25, 0.3) is 0 Å². The fourth-order valence-corrected chi connectivity index (χ4v) is 7.63. The molecule has 2 N–H and O–H groups in total. The van der Waals surface area contributed by atoms with Crippen LogP contribution in [0, 0.1) is 0 Å². The second-order valence-electron chi connectivity index (χ2n) is 7.90. The highest BCUT2D eigenvalue weighted by molar-refractivity contribution is 9.11. The van der Waals surface area contributed by atoms with Crippen molar-refractivity contribution in [1.82, 2.24) is 5.32 Å². The predicted molar refractivity (Wildman–Crippen MR) is 131 cm³/mol. The van der Waals surface area contributed by atoms with Crippen LogP contribution in [0.15, 0.2) is 16.4 Å². The van der Waals surface area contributed by atoms with Gasteiger partial charge in [-0.15, -0.1) is 29.3 Å². The Balaban J connectivity index is 1.46. The van der Waals surface area contributed by atoms with Crippen LogP contribution in [0.25, 0.3) is 0 Å². The van der Waals surface area contributed by atoms with Crippen LogP contribution in [-0.2, 0) is 37.0 Å². The largest absolute Gasteiger partial charge is 0.462 e. The number of halogens is 1. The highest BCUT2D eigenvalue weighted by Gasteiger charge is 2.27. The highest BCUT2D eigenvalue weighted by Crippen LogP contribution is 2.39. The molecule has 4 rings (SSSR count). The highest BCUT2D eigenvalue weighted by atomic mass is 79.9. The van der Waals surface area contributed by atoms with Gasteiger partial charge in [0.15, 0.2) is 0 Å². The zero-order valence-electron chi connectivity index (χ0n) is 17.5. The van der Waals surface area contributed by atoms with E-state index in [-0.39, 0.29) is 12.0 Å². The van der Waals surface area contributed by atoms with Gasteiger partial charge in [-0.25, -0.2) is 9.59 Å². The second-order valence-corrected chi connectivity index (χ2v) is 11.4. The van der Waals surface area contributed by atoms with Crippen molar-refractivity contribution in [1.29, 1.82) is 0 Å². The molecule has 2 aliphatic carbocycles. The number of anilines is 1. The number of esters is 1. The van der Waals surface area contributed by atoms with Crippen molar-refractivity contribution in [3.63, 3.8) is 0 Å². The van der Waals surface area contributed by atoms with Crippen molar-refractivity contribution in [2.45, 2.75) is 64.3 Å². The van der Waals surface area contributed by atoms with Gasteiger partial charge in [-0.1, -0.05) is 6.08 Å². The lowest BCUT2D eigenvalue weighted by Gasteiger charge is -2.14. The molecule has 0 spiro atoms. The lowest BCUT2D eigenvalue weighted by molar-refractivity contribution is 0.0512. The molecule has 0 fully saturated rings. The molecule has 2 aromatic heterocycles. The van der Waals surface area contributed by atoms with Crippen LogP contribution in [0.3, 0.4) is 0 Å². The van der Waals surface area contributed by atoms with Crippen LogP contribution in [0.4, 0.5) is 9.80 Å². The molecule has 8 heteroatoms. The summed E-state index contributed by atoms with van der Waals surface area (Å²) in [6, 6.07) is -0.290. The first-order chi connectivity index (χ1) is 15.1. The minimum Gasteiger partial charge on any atom is -0.462 e. The van der Waals surface area contributed by atoms with Crippen molar-refractivity contribution in [2.24, 2.45) is 0 Å². The molecule has 0 unspecified atom stereocenters. The number of hydrogen-bond donors (Lipinski definition) is 2. The summed E-state index contributed by atoms with van der Waals surface area (Å²) in [7, 11) is 0. The average Bonchev–Trinajstić information content (AvgIpc) is 3.28. The van der Waals surface area contributed by atoms with Gasteiger partial charge in [0.2, 0.25) is 0 Å². The van der Waals surface area contributed by atoms with Crippen molar-refractivity contribution in [2.75, 3.05) is 11.9 Å². The topological polar surface area (TPSA) is 67.4 Å². The molecule has 0 radical (unpaired) electrons. The zero-order chi connectivity index (χ0) is 21.8. The molecule has 2 aromatic rings. The summed E-state index contributed by atoms with van der Waals surface area (Å²) in [4.78, 5) is 28.1. The van der Waals surface area contributed by atoms with Gasteiger partial charge in [0.05, 0.1) is 16.0 Å². The van der Waals surface area contributed by atoms with E-state index in [0.717, 1.165) is 47.9 Å². The number of hydrogen-bond acceptors (Lipinski definition) is 5. The van der Waals surface area contributed by atoms with E-state index in [9.17, 15) is 9.59 Å². The molecule has 0 saturated heterocycles. The minimum absolute atomic E-state index is 0.290. The first-order valence-corrected chi connectivity index (χ1v) is 13.3. The van der Waals surface area contributed by atoms with Crippen LogP contribution < -0.4 is 10.6 Å². The minimum atomic E-state index is -0.355. The molecule has 31 heavy (non-hydrogen) atoms. The monoisotopic (exact) mass is 522 g/mol. The van der Waals surface area contributed by atoms with E-state index >= 15 is 0 Å². The molecule has 0 atom stereocenters. The number of aryl methyl sites for hydroxylation is 2. The van der Waals surface area contributed by atoms with E-state index in [1.165, 1.54) is 45.1 Å². The summed E-state index contributed by atoms with van der Waals surface area (Å²) in [5, 5.41) is 6.52. The summed E-state index contributed by atoms with van der Waals surface area (Å²) in [6.45, 7) is 4.44. The Hall–Kier alpha value is -1.64. The molecule has 0 aliphatic heterocycles. The number of fused-ring (bicyclic) bond motifs is 2. The number of carbonyl (C=O) groups is 2. The molecular weight excluding hydrogens is 496 g/mol. The third-order valence-electron chi connectivity index (χ3n) is 5.81. The maximum Gasteiger partial charge on any atom is 0.341 e. The molecule has 0 saturated carbocycles. The molecule has 2 aliphatic rings. The molecule has 0 aromatic carbocycles. The van der Waals surface area contributed by atoms with E-state index in [1.807, 2.05) is 0 Å². The number of carbonyl (C=O) groups excluding carboxylic acids is 2. The van der Waals surface area contributed by atoms with Gasteiger partial charge >= 0.3 is 12.0 Å². The lowest BCUT2D eigenvalue weighted by atomic mass is 9.95. The normalized spacial score (nSPS) is 15.0. The molecule has 2 amide bonds. The van der Waals surface area contributed by atoms with Crippen LogP contribution in [-0.4, -0.2) is 18.6 Å². The third-order valence-corrected chi connectivity index (χ3v) is 9.11. The average molecular weight is 524 g/mol. The smallest absolute Gasteiger partial charge is 0.341 e. The SMILES string of the molecule is C=CCCOC(=O)c1c(NC(=O)NCc2c(Br)sc3c2CCCC3)sc2c1CCCC2. The number of amides is 2. The molecule has 2 heterocycles. The number of ether oxygens (including phenoxy) is 1. The van der Waals surface area contributed by atoms with E-state index in [0.29, 0.717) is 30.1 Å². The number of thiophene rings is 2. The quantitative estimate of drug-likeness (QED) is 0.251. The first-order valence-electron chi connectivity index (χ1n) is 10.8. The van der Waals surface area contributed by atoms with E-state index in [2.05, 4.69) is 33.1 Å². The molecule has 5 nitrogen and oxygen atoms in total. The Bertz CT molecular complexity index is 996. The summed E-state index contributed by atoms with van der Waals surface area (Å²) >= 11 is 6.97. The Kier molecular flexibility index (Phi) is 7.51. The van der Waals surface area contributed by atoms with Crippen molar-refractivity contribution in [3.05, 3.63) is 48.4 Å². The number of nitrogens with one attached hydrogen (secondary N) is 2. The molecular formula is C23H27BrN2O3S2. The Labute approximate surface area is 199 Å². The van der Waals surface area contributed by atoms with Crippen molar-refractivity contribution in [3.8, 4) is 0 Å². The van der Waals surface area contributed by atoms with E-state index in [1.54, 1.807) is 17.4 Å². The van der Waals surface area contributed by atoms with Gasteiger partial charge in [-0.2, -0.15) is 0 Å². The van der Waals surface area contributed by atoms with Gasteiger partial charge in [0, 0.05) is 16.3 Å². The Morgan fingerprint density at radius 1 is 1.03 bits per heavy atom. The summed E-state index contributed by atoms with van der Waals surface area (Å²) in [6.07, 6.45) is 11.0. The van der Waals surface area contributed by atoms with Gasteiger partial charge in [0.1, 0.15) is 5.00 Å². The summed E-state index contributed by atoms with van der Waals surface area (Å²) < 4.78 is 6.54. The number of urea groups is 1. The Morgan fingerprint density at radius 3 is 2.45 bits per heavy atom. The third kappa shape index (κ3) is 5.07. The van der Waals surface area contributed by atoms with Gasteiger partial charge in [-0.3, -0.25) is 5.32 Å².